The van der Waals surface area contributed by atoms with Crippen molar-refractivity contribution in [2.45, 2.75) is 0 Å². The normalized spacial score (nSPS) is 11.1. The van der Waals surface area contributed by atoms with Gasteiger partial charge in [-0.05, 0) is 11.6 Å². The monoisotopic (exact) mass is 458 g/mol. The lowest BCUT2D eigenvalue weighted by Gasteiger charge is -2.15. The minimum atomic E-state index is -2.03. The second kappa shape index (κ2) is 7.06. The van der Waals surface area contributed by atoms with Crippen LogP contribution in [0.15, 0.2) is 0 Å². The lowest BCUT2D eigenvalue weighted by Crippen LogP contribution is -2.09. The average Bonchev–Trinajstić information content (AvgIpc) is 2.52. The zero-order valence-corrected chi connectivity index (χ0v) is 15.2. The van der Waals surface area contributed by atoms with E-state index in [1.165, 1.54) is 0 Å². The van der Waals surface area contributed by atoms with Gasteiger partial charge in [0.2, 0.25) is 0 Å². The molecule has 2 rings (SSSR count). The fourth-order valence-corrected chi connectivity index (χ4v) is 3.34. The van der Waals surface area contributed by atoms with Crippen molar-refractivity contribution in [1.29, 1.82) is 0 Å². The topological polar surface area (TPSA) is 17.1 Å². The Morgan fingerprint density at radius 2 is 0.917 bits per heavy atom. The van der Waals surface area contributed by atoms with E-state index in [4.69, 9.17) is 69.6 Å². The first-order chi connectivity index (χ1) is 11.0. The Morgan fingerprint density at radius 3 is 1.25 bits per heavy atom. The molecule has 2 aromatic carbocycles. The predicted molar refractivity (Wildman–Crippen MR) is 86.9 cm³/mol. The Hall–Kier alpha value is -0.430. The molecular weight excluding hydrogens is 461 g/mol. The largest absolute Gasteiger partial charge is 0.275 e. The van der Waals surface area contributed by atoms with E-state index in [1.54, 1.807) is 0 Å². The molecule has 0 aliphatic heterocycles. The molecular formula is C13Cl6F4O. The molecule has 24 heavy (non-hydrogen) atoms. The van der Waals surface area contributed by atoms with Gasteiger partial charge in [0.1, 0.15) is 5.56 Å². The standard InChI is InChI=1S/C13Cl6F4O/c14-4-1(5(15)7(17)8(18)6(4)16)2-9(20)11(22)3(13(19)24)12(23)10(2)21. The maximum absolute atomic E-state index is 14.2. The summed E-state index contributed by atoms with van der Waals surface area (Å²) in [6, 6.07) is 0. The molecule has 0 saturated heterocycles. The quantitative estimate of drug-likeness (QED) is 0.196. The van der Waals surface area contributed by atoms with Crippen molar-refractivity contribution in [3.8, 4) is 11.1 Å². The second-order valence-corrected chi connectivity index (χ2v) is 6.46. The van der Waals surface area contributed by atoms with Crippen LogP contribution in [0.3, 0.4) is 0 Å². The van der Waals surface area contributed by atoms with Crippen molar-refractivity contribution < 1.29 is 22.4 Å². The molecule has 0 amide bonds. The van der Waals surface area contributed by atoms with Crippen molar-refractivity contribution in [2.24, 2.45) is 0 Å². The molecule has 0 atom stereocenters. The van der Waals surface area contributed by atoms with Crippen molar-refractivity contribution >= 4 is 74.8 Å². The maximum atomic E-state index is 14.2. The molecule has 0 fully saturated rings. The van der Waals surface area contributed by atoms with Gasteiger partial charge in [-0.2, -0.15) is 0 Å². The highest BCUT2D eigenvalue weighted by Crippen LogP contribution is 2.50. The third-order valence-corrected chi connectivity index (χ3v) is 5.39. The number of carbonyl (C=O) groups is 1. The molecule has 0 spiro atoms. The van der Waals surface area contributed by atoms with Crippen LogP contribution in [0.4, 0.5) is 17.6 Å². The molecule has 0 radical (unpaired) electrons. The fraction of sp³-hybridized carbons (Fsp3) is 0. The summed E-state index contributed by atoms with van der Waals surface area (Å²) < 4.78 is 56.3. The number of halogens is 10. The van der Waals surface area contributed by atoms with E-state index in [0.717, 1.165) is 0 Å². The van der Waals surface area contributed by atoms with Crippen LogP contribution in [0.2, 0.25) is 25.1 Å². The van der Waals surface area contributed by atoms with Crippen LogP contribution in [0, 0.1) is 23.3 Å². The van der Waals surface area contributed by atoms with Crippen molar-refractivity contribution in [3.05, 3.63) is 53.9 Å². The number of carbonyl (C=O) groups excluding carboxylic acids is 1. The molecule has 0 aliphatic carbocycles. The van der Waals surface area contributed by atoms with Crippen LogP contribution >= 0.6 is 69.6 Å². The zero-order valence-electron chi connectivity index (χ0n) is 10.7. The van der Waals surface area contributed by atoms with E-state index in [1.807, 2.05) is 0 Å². The number of rotatable bonds is 2. The third-order valence-electron chi connectivity index (χ3n) is 2.92. The Kier molecular flexibility index (Phi) is 5.85. The summed E-state index contributed by atoms with van der Waals surface area (Å²) in [5, 5.41) is -4.15. The Bertz CT molecular complexity index is 841. The first kappa shape index (κ1) is 19.9. The van der Waals surface area contributed by atoms with Crippen LogP contribution < -0.4 is 0 Å². The van der Waals surface area contributed by atoms with Gasteiger partial charge in [0.15, 0.2) is 23.3 Å². The predicted octanol–water partition coefficient (Wildman–Crippen LogP) is 7.56. The van der Waals surface area contributed by atoms with Crippen LogP contribution in [0.5, 0.6) is 0 Å². The molecule has 0 heterocycles. The zero-order chi connectivity index (χ0) is 18.5. The van der Waals surface area contributed by atoms with E-state index in [2.05, 4.69) is 0 Å². The molecule has 0 aliphatic rings. The number of hydrogen-bond acceptors (Lipinski definition) is 1. The van der Waals surface area contributed by atoms with Crippen LogP contribution in [0.25, 0.3) is 11.1 Å². The van der Waals surface area contributed by atoms with E-state index in [0.29, 0.717) is 0 Å². The van der Waals surface area contributed by atoms with Crippen molar-refractivity contribution in [1.82, 2.24) is 0 Å². The molecule has 0 bridgehead atoms. The molecule has 11 heteroatoms. The lowest BCUT2D eigenvalue weighted by atomic mass is 10.0. The number of benzene rings is 2. The van der Waals surface area contributed by atoms with Gasteiger partial charge < -0.3 is 0 Å². The van der Waals surface area contributed by atoms with Gasteiger partial charge in [0.25, 0.3) is 5.24 Å². The van der Waals surface area contributed by atoms with Crippen LogP contribution in [0.1, 0.15) is 10.4 Å². The first-order valence-corrected chi connectivity index (χ1v) is 7.86. The fourth-order valence-electron chi connectivity index (χ4n) is 1.85. The van der Waals surface area contributed by atoms with Gasteiger partial charge >= 0.3 is 0 Å². The molecule has 0 unspecified atom stereocenters. The summed E-state index contributed by atoms with van der Waals surface area (Å²) >= 11 is 33.8. The third kappa shape index (κ3) is 2.96. The molecule has 0 N–H and O–H groups in total. The second-order valence-electron chi connectivity index (χ2n) is 4.22. The van der Waals surface area contributed by atoms with Gasteiger partial charge in [-0.1, -0.05) is 58.0 Å². The average molecular weight is 461 g/mol. The maximum Gasteiger partial charge on any atom is 0.258 e. The molecule has 0 aromatic heterocycles. The van der Waals surface area contributed by atoms with Crippen molar-refractivity contribution in [3.63, 3.8) is 0 Å². The summed E-state index contributed by atoms with van der Waals surface area (Å²) in [4.78, 5) is 11.0. The van der Waals surface area contributed by atoms with Crippen LogP contribution in [-0.4, -0.2) is 5.24 Å². The van der Waals surface area contributed by atoms with E-state index >= 15 is 0 Å². The lowest BCUT2D eigenvalue weighted by molar-refractivity contribution is 0.107. The minimum absolute atomic E-state index is 0.327. The summed E-state index contributed by atoms with van der Waals surface area (Å²) in [6.07, 6.45) is 0. The smallest absolute Gasteiger partial charge is 0.258 e. The summed E-state index contributed by atoms with van der Waals surface area (Å²) in [7, 11) is 0. The highest BCUT2D eigenvalue weighted by Gasteiger charge is 2.33. The van der Waals surface area contributed by atoms with Crippen molar-refractivity contribution in [2.75, 3.05) is 0 Å². The van der Waals surface area contributed by atoms with Gasteiger partial charge in [-0.3, -0.25) is 4.79 Å². The Balaban J connectivity index is 3.04. The van der Waals surface area contributed by atoms with Gasteiger partial charge in [-0.25, -0.2) is 17.6 Å². The molecule has 1 nitrogen and oxygen atoms in total. The highest BCUT2D eigenvalue weighted by molar-refractivity contribution is 6.67. The Labute approximate surface area is 161 Å². The van der Waals surface area contributed by atoms with E-state index in [-0.39, 0.29) is 5.02 Å². The molecule has 0 saturated carbocycles. The molecule has 128 valence electrons. The van der Waals surface area contributed by atoms with E-state index in [9.17, 15) is 22.4 Å². The summed E-state index contributed by atoms with van der Waals surface area (Å²) in [5.41, 5.74) is -3.66. The minimum Gasteiger partial charge on any atom is -0.275 e. The molecule has 2 aromatic rings. The summed E-state index contributed by atoms with van der Waals surface area (Å²) in [5.74, 6) is -7.98. The summed E-state index contributed by atoms with van der Waals surface area (Å²) in [6.45, 7) is 0. The van der Waals surface area contributed by atoms with Gasteiger partial charge in [-0.15, -0.1) is 0 Å². The Morgan fingerprint density at radius 1 is 0.583 bits per heavy atom. The van der Waals surface area contributed by atoms with E-state index < -0.39 is 65.3 Å². The van der Waals surface area contributed by atoms with Gasteiger partial charge in [0, 0.05) is 5.56 Å². The van der Waals surface area contributed by atoms with Gasteiger partial charge in [0.05, 0.1) is 30.7 Å². The first-order valence-electron chi connectivity index (χ1n) is 5.59. The number of hydrogen-bond donors (Lipinski definition) is 0. The van der Waals surface area contributed by atoms with Crippen LogP contribution in [-0.2, 0) is 0 Å². The highest BCUT2D eigenvalue weighted by atomic mass is 35.5. The SMILES string of the molecule is O=C(Cl)c1c(F)c(F)c(-c2c(Cl)c(Cl)c(Cl)c(Cl)c2Cl)c(F)c1F.